The molecule has 9 heteroatoms. The number of piperazine rings is 1. The van der Waals surface area contributed by atoms with Gasteiger partial charge >= 0.3 is 5.97 Å². The molecule has 156 valence electrons. The smallest absolute Gasteiger partial charge is 0.341 e. The SMILES string of the molecule is CN1CCN(c2c(F)cc3c(=O)c(C(=O)O)cn(-c4ccc(F)cc4)c3c2F)CC1. The lowest BCUT2D eigenvalue weighted by molar-refractivity contribution is 0.0695. The van der Waals surface area contributed by atoms with E-state index in [1.54, 1.807) is 4.90 Å². The predicted molar refractivity (Wildman–Crippen MR) is 106 cm³/mol. The van der Waals surface area contributed by atoms with Crippen LogP contribution in [0.1, 0.15) is 10.4 Å². The number of likely N-dealkylation sites (N-methyl/N-ethyl adjacent to an activating group) is 1. The molecular weight excluding hydrogens is 399 g/mol. The van der Waals surface area contributed by atoms with Crippen molar-refractivity contribution in [2.24, 2.45) is 0 Å². The second-order valence-corrected chi connectivity index (χ2v) is 7.23. The average molecular weight is 417 g/mol. The van der Waals surface area contributed by atoms with Gasteiger partial charge in [-0.25, -0.2) is 18.0 Å². The van der Waals surface area contributed by atoms with E-state index in [1.165, 1.54) is 12.1 Å². The van der Waals surface area contributed by atoms with Gasteiger partial charge in [-0.2, -0.15) is 0 Å². The summed E-state index contributed by atoms with van der Waals surface area (Å²) in [5, 5.41) is 8.99. The highest BCUT2D eigenvalue weighted by Crippen LogP contribution is 2.32. The molecule has 1 N–H and O–H groups in total. The molecule has 0 amide bonds. The Balaban J connectivity index is 2.04. The lowest BCUT2D eigenvalue weighted by atomic mass is 10.1. The molecule has 2 aromatic carbocycles. The third kappa shape index (κ3) is 3.30. The van der Waals surface area contributed by atoms with Crippen molar-refractivity contribution in [2.75, 3.05) is 38.1 Å². The number of rotatable bonds is 3. The van der Waals surface area contributed by atoms with Crippen LogP contribution < -0.4 is 10.3 Å². The molecular formula is C21H18F3N3O3. The number of nitrogens with zero attached hydrogens (tertiary/aromatic N) is 3. The van der Waals surface area contributed by atoms with Gasteiger partial charge in [-0.05, 0) is 37.4 Å². The zero-order valence-corrected chi connectivity index (χ0v) is 16.0. The van der Waals surface area contributed by atoms with Gasteiger partial charge in [0.2, 0.25) is 5.43 Å². The van der Waals surface area contributed by atoms with Crippen LogP contribution in [0, 0.1) is 17.5 Å². The van der Waals surface area contributed by atoms with Gasteiger partial charge in [0.1, 0.15) is 22.9 Å². The number of aromatic nitrogens is 1. The molecule has 1 aliphatic rings. The monoisotopic (exact) mass is 417 g/mol. The molecule has 6 nitrogen and oxygen atoms in total. The lowest BCUT2D eigenvalue weighted by Crippen LogP contribution is -2.45. The number of halogens is 3. The molecule has 0 spiro atoms. The summed E-state index contributed by atoms with van der Waals surface area (Å²) in [6.45, 7) is 2.01. The Kier molecular flexibility index (Phi) is 4.98. The van der Waals surface area contributed by atoms with Crippen LogP contribution in [-0.2, 0) is 0 Å². The molecule has 3 aromatic rings. The van der Waals surface area contributed by atoms with Gasteiger partial charge in [0, 0.05) is 38.1 Å². The number of pyridine rings is 1. The molecule has 4 rings (SSSR count). The van der Waals surface area contributed by atoms with Crippen molar-refractivity contribution in [3.63, 3.8) is 0 Å². The van der Waals surface area contributed by atoms with E-state index in [9.17, 15) is 23.5 Å². The number of carbonyl (C=O) groups is 1. The van der Waals surface area contributed by atoms with Gasteiger partial charge in [0.15, 0.2) is 5.82 Å². The van der Waals surface area contributed by atoms with Crippen molar-refractivity contribution >= 4 is 22.6 Å². The first kappa shape index (κ1) is 20.0. The fourth-order valence-corrected chi connectivity index (χ4v) is 3.68. The highest BCUT2D eigenvalue weighted by Gasteiger charge is 2.27. The van der Waals surface area contributed by atoms with Gasteiger partial charge in [-0.1, -0.05) is 0 Å². The number of carboxylic acids is 1. The van der Waals surface area contributed by atoms with Crippen molar-refractivity contribution in [1.29, 1.82) is 0 Å². The summed E-state index contributed by atoms with van der Waals surface area (Å²) in [6, 6.07) is 5.78. The zero-order valence-electron chi connectivity index (χ0n) is 16.0. The number of anilines is 1. The molecule has 1 aromatic heterocycles. The summed E-state index contributed by atoms with van der Waals surface area (Å²) in [5.41, 5.74) is -1.92. The molecule has 0 radical (unpaired) electrons. The van der Waals surface area contributed by atoms with Crippen LogP contribution >= 0.6 is 0 Å². The second-order valence-electron chi connectivity index (χ2n) is 7.23. The number of benzene rings is 2. The van der Waals surface area contributed by atoms with Crippen molar-refractivity contribution in [2.45, 2.75) is 0 Å². The van der Waals surface area contributed by atoms with Crippen LogP contribution in [-0.4, -0.2) is 53.8 Å². The number of hydrogen-bond acceptors (Lipinski definition) is 4. The number of aromatic carboxylic acids is 1. The quantitative estimate of drug-likeness (QED) is 0.710. The molecule has 0 bridgehead atoms. The molecule has 0 aliphatic carbocycles. The van der Waals surface area contributed by atoms with E-state index in [0.717, 1.165) is 29.0 Å². The summed E-state index contributed by atoms with van der Waals surface area (Å²) >= 11 is 0. The van der Waals surface area contributed by atoms with Crippen molar-refractivity contribution in [1.82, 2.24) is 9.47 Å². The standard InChI is InChI=1S/C21H18F3N3O3/c1-25-6-8-26(9-7-25)19-16(23)10-14-18(17(19)24)27(11-15(20(14)28)21(29)30)13-4-2-12(22)3-5-13/h2-5,10-11H,6-9H2,1H3,(H,29,30). The van der Waals surface area contributed by atoms with Crippen LogP contribution in [0.4, 0.5) is 18.9 Å². The maximum atomic E-state index is 15.7. The first-order chi connectivity index (χ1) is 14.3. The van der Waals surface area contributed by atoms with E-state index in [1.807, 2.05) is 11.9 Å². The maximum absolute atomic E-state index is 15.7. The molecule has 0 atom stereocenters. The van der Waals surface area contributed by atoms with Gasteiger partial charge < -0.3 is 19.5 Å². The topological polar surface area (TPSA) is 65.8 Å². The van der Waals surface area contributed by atoms with Crippen molar-refractivity contribution in [3.05, 3.63) is 69.8 Å². The average Bonchev–Trinajstić information content (AvgIpc) is 2.70. The number of fused-ring (bicyclic) bond motifs is 1. The largest absolute Gasteiger partial charge is 0.477 e. The number of hydrogen-bond donors (Lipinski definition) is 1. The maximum Gasteiger partial charge on any atom is 0.341 e. The van der Waals surface area contributed by atoms with Crippen LogP contribution in [0.5, 0.6) is 0 Å². The minimum absolute atomic E-state index is 0.235. The van der Waals surface area contributed by atoms with Crippen LogP contribution in [0.25, 0.3) is 16.6 Å². The Bertz CT molecular complexity index is 1200. The van der Waals surface area contributed by atoms with Crippen molar-refractivity contribution in [3.8, 4) is 5.69 Å². The number of carboxylic acid groups (broad SMARTS) is 1. The van der Waals surface area contributed by atoms with E-state index in [-0.39, 0.29) is 16.9 Å². The lowest BCUT2D eigenvalue weighted by Gasteiger charge is -2.34. The van der Waals surface area contributed by atoms with Gasteiger partial charge in [-0.15, -0.1) is 0 Å². The van der Waals surface area contributed by atoms with Crippen LogP contribution in [0.3, 0.4) is 0 Å². The molecule has 1 saturated heterocycles. The zero-order chi connectivity index (χ0) is 21.6. The summed E-state index contributed by atoms with van der Waals surface area (Å²) in [5.74, 6) is -3.96. The van der Waals surface area contributed by atoms with Crippen LogP contribution in [0.2, 0.25) is 0 Å². The van der Waals surface area contributed by atoms with E-state index >= 15 is 4.39 Å². The van der Waals surface area contributed by atoms with E-state index in [0.29, 0.717) is 26.2 Å². The minimum Gasteiger partial charge on any atom is -0.477 e. The first-order valence-electron chi connectivity index (χ1n) is 9.28. The summed E-state index contributed by atoms with van der Waals surface area (Å²) in [4.78, 5) is 27.8. The second kappa shape index (κ2) is 7.49. The fourth-order valence-electron chi connectivity index (χ4n) is 3.68. The van der Waals surface area contributed by atoms with E-state index in [2.05, 4.69) is 0 Å². The predicted octanol–water partition coefficient (Wildman–Crippen LogP) is 2.86. The highest BCUT2D eigenvalue weighted by atomic mass is 19.1. The third-order valence-electron chi connectivity index (χ3n) is 5.31. The summed E-state index contributed by atoms with van der Waals surface area (Å²) in [6.07, 6.45) is 0.981. The minimum atomic E-state index is -1.53. The summed E-state index contributed by atoms with van der Waals surface area (Å²) < 4.78 is 45.1. The Morgan fingerprint density at radius 1 is 1.03 bits per heavy atom. The van der Waals surface area contributed by atoms with Crippen LogP contribution in [0.15, 0.2) is 41.3 Å². The Hall–Kier alpha value is -3.33. The van der Waals surface area contributed by atoms with Gasteiger partial charge in [-0.3, -0.25) is 4.79 Å². The fraction of sp³-hybridized carbons (Fsp3) is 0.238. The Morgan fingerprint density at radius 3 is 2.27 bits per heavy atom. The molecule has 30 heavy (non-hydrogen) atoms. The highest BCUT2D eigenvalue weighted by molar-refractivity contribution is 5.94. The molecule has 1 fully saturated rings. The molecule has 0 saturated carbocycles. The Morgan fingerprint density at radius 2 is 1.67 bits per heavy atom. The third-order valence-corrected chi connectivity index (χ3v) is 5.31. The van der Waals surface area contributed by atoms with Gasteiger partial charge in [0.25, 0.3) is 0 Å². The van der Waals surface area contributed by atoms with E-state index in [4.69, 9.17) is 0 Å². The molecule has 2 heterocycles. The molecule has 0 unspecified atom stereocenters. The van der Waals surface area contributed by atoms with E-state index < -0.39 is 39.8 Å². The van der Waals surface area contributed by atoms with Gasteiger partial charge in [0.05, 0.1) is 10.9 Å². The molecule has 1 aliphatic heterocycles. The summed E-state index contributed by atoms with van der Waals surface area (Å²) in [7, 11) is 1.91. The normalized spacial score (nSPS) is 15.0. The first-order valence-corrected chi connectivity index (χ1v) is 9.28. The van der Waals surface area contributed by atoms with Crippen molar-refractivity contribution < 1.29 is 23.1 Å². The Labute approximate surface area is 169 Å².